The van der Waals surface area contributed by atoms with Crippen molar-refractivity contribution in [3.05, 3.63) is 41.5 Å². The Kier molecular flexibility index (Phi) is 3.55. The molecule has 0 amide bonds. The molecule has 0 aliphatic carbocycles. The number of benzene rings is 1. The van der Waals surface area contributed by atoms with Crippen molar-refractivity contribution in [2.45, 2.75) is 6.92 Å². The Morgan fingerprint density at radius 3 is 2.53 bits per heavy atom. The van der Waals surface area contributed by atoms with Gasteiger partial charge in [0.25, 0.3) is 0 Å². The molecule has 4 heteroatoms. The van der Waals surface area contributed by atoms with Crippen LogP contribution in [-0.2, 0) is 9.53 Å². The number of carbonyl (C=O) groups is 1. The average Bonchev–Trinajstić information content (AvgIpc) is 2.21. The molecule has 0 saturated carbocycles. The van der Waals surface area contributed by atoms with Crippen molar-refractivity contribution in [3.8, 4) is 0 Å². The van der Waals surface area contributed by atoms with Crippen molar-refractivity contribution in [2.24, 2.45) is 0 Å². The molecule has 80 valence electrons. The Bertz CT molecular complexity index is 411. The molecule has 0 N–H and O–H groups in total. The Labute approximate surface area is 86.2 Å². The third-order valence-electron chi connectivity index (χ3n) is 1.91. The quantitative estimate of drug-likeness (QED) is 0.556. The highest BCUT2D eigenvalue weighted by molar-refractivity contribution is 5.90. The normalized spacial score (nSPS) is 11.3. The van der Waals surface area contributed by atoms with Crippen LogP contribution in [0.25, 0.3) is 5.57 Å². The zero-order valence-electron chi connectivity index (χ0n) is 8.38. The fourth-order valence-electron chi connectivity index (χ4n) is 1.06. The monoisotopic (exact) mass is 212 g/mol. The Hall–Kier alpha value is -1.71. The third-order valence-corrected chi connectivity index (χ3v) is 1.91. The standard InChI is InChI=1S/C11H10F2O2/c1-7(5-11(14)15-2)8-3-4-9(12)10(13)6-8/h3-6H,1-2H3/b7-5+. The molecular weight excluding hydrogens is 202 g/mol. The second kappa shape index (κ2) is 4.68. The third kappa shape index (κ3) is 2.87. The largest absolute Gasteiger partial charge is 0.466 e. The van der Waals surface area contributed by atoms with Gasteiger partial charge in [0.05, 0.1) is 7.11 Å². The summed E-state index contributed by atoms with van der Waals surface area (Å²) in [4.78, 5) is 10.9. The number of ether oxygens (including phenoxy) is 1. The van der Waals surface area contributed by atoms with Gasteiger partial charge in [0.2, 0.25) is 0 Å². The maximum absolute atomic E-state index is 12.8. The zero-order valence-corrected chi connectivity index (χ0v) is 8.38. The smallest absolute Gasteiger partial charge is 0.330 e. The molecule has 0 fully saturated rings. The molecule has 0 unspecified atom stereocenters. The van der Waals surface area contributed by atoms with Crippen molar-refractivity contribution in [1.82, 2.24) is 0 Å². The summed E-state index contributed by atoms with van der Waals surface area (Å²) in [6.07, 6.45) is 1.21. The summed E-state index contributed by atoms with van der Waals surface area (Å²) in [7, 11) is 1.25. The van der Waals surface area contributed by atoms with Crippen molar-refractivity contribution < 1.29 is 18.3 Å². The van der Waals surface area contributed by atoms with Gasteiger partial charge in [-0.2, -0.15) is 0 Å². The molecule has 1 aromatic rings. The molecule has 0 aromatic heterocycles. The van der Waals surface area contributed by atoms with Crippen LogP contribution in [0.5, 0.6) is 0 Å². The van der Waals surface area contributed by atoms with Crippen LogP contribution in [0.15, 0.2) is 24.3 Å². The fourth-order valence-corrected chi connectivity index (χ4v) is 1.06. The summed E-state index contributed by atoms with van der Waals surface area (Å²) in [5, 5.41) is 0. The predicted molar refractivity (Wildman–Crippen MR) is 52.0 cm³/mol. The second-order valence-corrected chi connectivity index (χ2v) is 2.98. The lowest BCUT2D eigenvalue weighted by Gasteiger charge is -2.01. The van der Waals surface area contributed by atoms with E-state index >= 15 is 0 Å². The van der Waals surface area contributed by atoms with Gasteiger partial charge in [-0.15, -0.1) is 0 Å². The Morgan fingerprint density at radius 2 is 2.00 bits per heavy atom. The molecule has 1 aromatic carbocycles. The number of hydrogen-bond acceptors (Lipinski definition) is 2. The van der Waals surface area contributed by atoms with Gasteiger partial charge in [0.1, 0.15) is 0 Å². The minimum absolute atomic E-state index is 0.444. The van der Waals surface area contributed by atoms with Crippen molar-refractivity contribution >= 4 is 11.5 Å². The van der Waals surface area contributed by atoms with Gasteiger partial charge in [-0.25, -0.2) is 13.6 Å². The maximum Gasteiger partial charge on any atom is 0.330 e. The van der Waals surface area contributed by atoms with Gasteiger partial charge in [-0.05, 0) is 30.2 Å². The van der Waals surface area contributed by atoms with E-state index in [1.54, 1.807) is 6.92 Å². The number of carbonyl (C=O) groups excluding carboxylic acids is 1. The topological polar surface area (TPSA) is 26.3 Å². The van der Waals surface area contributed by atoms with Crippen LogP contribution < -0.4 is 0 Å². The summed E-state index contributed by atoms with van der Waals surface area (Å²) >= 11 is 0. The zero-order chi connectivity index (χ0) is 11.4. The van der Waals surface area contributed by atoms with E-state index in [2.05, 4.69) is 4.74 Å². The number of allylic oxidation sites excluding steroid dienone is 1. The summed E-state index contributed by atoms with van der Waals surface area (Å²) < 4.78 is 29.9. The number of esters is 1. The Morgan fingerprint density at radius 1 is 1.33 bits per heavy atom. The second-order valence-electron chi connectivity index (χ2n) is 2.98. The molecule has 0 saturated heterocycles. The van der Waals surface area contributed by atoms with Gasteiger partial charge in [-0.1, -0.05) is 6.07 Å². The highest BCUT2D eigenvalue weighted by Gasteiger charge is 2.05. The molecule has 0 aliphatic rings. The van der Waals surface area contributed by atoms with E-state index in [1.165, 1.54) is 19.3 Å². The van der Waals surface area contributed by atoms with Crippen LogP contribution in [0.1, 0.15) is 12.5 Å². The van der Waals surface area contributed by atoms with Gasteiger partial charge >= 0.3 is 5.97 Å². The predicted octanol–water partition coefficient (Wildman–Crippen LogP) is 2.54. The van der Waals surface area contributed by atoms with Crippen molar-refractivity contribution in [2.75, 3.05) is 7.11 Å². The first kappa shape index (κ1) is 11.4. The molecule has 15 heavy (non-hydrogen) atoms. The molecule has 0 radical (unpaired) electrons. The molecule has 0 spiro atoms. The van der Waals surface area contributed by atoms with Crippen LogP contribution >= 0.6 is 0 Å². The van der Waals surface area contributed by atoms with Crippen LogP contribution in [-0.4, -0.2) is 13.1 Å². The minimum Gasteiger partial charge on any atom is -0.466 e. The molecule has 2 nitrogen and oxygen atoms in total. The lowest BCUT2D eigenvalue weighted by molar-refractivity contribution is -0.134. The van der Waals surface area contributed by atoms with E-state index in [9.17, 15) is 13.6 Å². The van der Waals surface area contributed by atoms with E-state index in [1.807, 2.05) is 0 Å². The summed E-state index contributed by atoms with van der Waals surface area (Å²) in [6.45, 7) is 1.61. The molecule has 0 heterocycles. The SMILES string of the molecule is COC(=O)/C=C(\C)c1ccc(F)c(F)c1. The van der Waals surface area contributed by atoms with E-state index < -0.39 is 17.6 Å². The van der Waals surface area contributed by atoms with Gasteiger partial charge in [0, 0.05) is 6.08 Å². The molecule has 0 bridgehead atoms. The first-order valence-electron chi connectivity index (χ1n) is 4.26. The molecular formula is C11H10F2O2. The van der Waals surface area contributed by atoms with E-state index in [0.29, 0.717) is 11.1 Å². The lowest BCUT2D eigenvalue weighted by atomic mass is 10.1. The highest BCUT2D eigenvalue weighted by atomic mass is 19.2. The van der Waals surface area contributed by atoms with E-state index in [-0.39, 0.29) is 0 Å². The van der Waals surface area contributed by atoms with Crippen LogP contribution in [0.2, 0.25) is 0 Å². The van der Waals surface area contributed by atoms with Crippen LogP contribution in [0.4, 0.5) is 8.78 Å². The number of methoxy groups -OCH3 is 1. The summed E-state index contributed by atoms with van der Waals surface area (Å²) in [6, 6.07) is 3.44. The molecule has 0 aliphatic heterocycles. The van der Waals surface area contributed by atoms with Crippen molar-refractivity contribution in [1.29, 1.82) is 0 Å². The maximum atomic E-state index is 12.8. The number of rotatable bonds is 2. The lowest BCUT2D eigenvalue weighted by Crippen LogP contribution is -1.96. The van der Waals surface area contributed by atoms with Crippen LogP contribution in [0, 0.1) is 11.6 Å². The average molecular weight is 212 g/mol. The van der Waals surface area contributed by atoms with Gasteiger partial charge < -0.3 is 4.74 Å². The van der Waals surface area contributed by atoms with Gasteiger partial charge in [0.15, 0.2) is 11.6 Å². The van der Waals surface area contributed by atoms with Crippen molar-refractivity contribution in [3.63, 3.8) is 0 Å². The fraction of sp³-hybridized carbons (Fsp3) is 0.182. The van der Waals surface area contributed by atoms with Crippen LogP contribution in [0.3, 0.4) is 0 Å². The van der Waals surface area contributed by atoms with E-state index in [4.69, 9.17) is 0 Å². The first-order valence-corrected chi connectivity index (χ1v) is 4.26. The first-order chi connectivity index (χ1) is 7.04. The number of hydrogen-bond donors (Lipinski definition) is 0. The molecule has 1 rings (SSSR count). The molecule has 0 atom stereocenters. The summed E-state index contributed by atoms with van der Waals surface area (Å²) in [5.74, 6) is -2.38. The minimum atomic E-state index is -0.940. The number of halogens is 2. The summed E-state index contributed by atoms with van der Waals surface area (Å²) in [5.41, 5.74) is 0.958. The Balaban J connectivity index is 3.01. The highest BCUT2D eigenvalue weighted by Crippen LogP contribution is 2.16. The van der Waals surface area contributed by atoms with E-state index in [0.717, 1.165) is 12.1 Å². The van der Waals surface area contributed by atoms with Gasteiger partial charge in [-0.3, -0.25) is 0 Å².